The Morgan fingerprint density at radius 2 is 2.10 bits per heavy atom. The molecular formula is C14H20ClN3O3. The van der Waals surface area contributed by atoms with Crippen LogP contribution in [0.4, 0.5) is 11.4 Å². The van der Waals surface area contributed by atoms with Crippen molar-refractivity contribution in [3.8, 4) is 0 Å². The van der Waals surface area contributed by atoms with Crippen molar-refractivity contribution in [2.75, 3.05) is 37.9 Å². The summed E-state index contributed by atoms with van der Waals surface area (Å²) in [5.41, 5.74) is 6.70. The van der Waals surface area contributed by atoms with Gasteiger partial charge in [0.1, 0.15) is 0 Å². The number of nitrogen functional groups attached to an aromatic ring is 1. The number of carbonyl (C=O) groups is 2. The fraction of sp³-hybridized carbons (Fsp3) is 0.429. The fourth-order valence-electron chi connectivity index (χ4n) is 1.89. The van der Waals surface area contributed by atoms with Crippen LogP contribution in [0.15, 0.2) is 12.1 Å². The van der Waals surface area contributed by atoms with Crippen LogP contribution in [0.5, 0.6) is 0 Å². The van der Waals surface area contributed by atoms with Gasteiger partial charge in [-0.25, -0.2) is 4.79 Å². The van der Waals surface area contributed by atoms with Crippen molar-refractivity contribution in [3.63, 3.8) is 0 Å². The minimum atomic E-state index is -0.556. The first-order chi connectivity index (χ1) is 9.90. The van der Waals surface area contributed by atoms with Gasteiger partial charge in [0.25, 0.3) is 0 Å². The Morgan fingerprint density at radius 1 is 1.43 bits per heavy atom. The van der Waals surface area contributed by atoms with Crippen molar-refractivity contribution in [1.29, 1.82) is 0 Å². The van der Waals surface area contributed by atoms with Crippen LogP contribution in [0.2, 0.25) is 5.02 Å². The molecule has 0 atom stereocenters. The number of nitrogens with two attached hydrogens (primary N) is 1. The Hall–Kier alpha value is -1.95. The predicted octanol–water partition coefficient (Wildman–Crippen LogP) is 1.67. The van der Waals surface area contributed by atoms with Gasteiger partial charge in [-0.1, -0.05) is 18.5 Å². The van der Waals surface area contributed by atoms with E-state index < -0.39 is 5.97 Å². The van der Waals surface area contributed by atoms with Gasteiger partial charge in [-0.3, -0.25) is 4.79 Å². The molecule has 1 aromatic carbocycles. The first-order valence-electron chi connectivity index (χ1n) is 6.55. The highest BCUT2D eigenvalue weighted by atomic mass is 35.5. The number of likely N-dealkylation sites (N-methyl/N-ethyl adjacent to an activating group) is 1. The standard InChI is InChI=1S/C14H20ClN3O3/c1-4-5-17-12(19)8-18(2)13-10(14(20)21-3)6-9(16)7-11(13)15/h6-7H,4-5,8,16H2,1-3H3,(H,17,19). The maximum atomic E-state index is 11.8. The lowest BCUT2D eigenvalue weighted by molar-refractivity contribution is -0.119. The summed E-state index contributed by atoms with van der Waals surface area (Å²) in [6.07, 6.45) is 0.853. The zero-order chi connectivity index (χ0) is 16.0. The summed E-state index contributed by atoms with van der Waals surface area (Å²) in [5, 5.41) is 3.05. The van der Waals surface area contributed by atoms with Gasteiger partial charge in [0.05, 0.1) is 29.9 Å². The van der Waals surface area contributed by atoms with Crippen LogP contribution in [0.1, 0.15) is 23.7 Å². The Balaban J connectivity index is 3.05. The number of rotatable bonds is 6. The number of halogens is 1. The number of benzene rings is 1. The van der Waals surface area contributed by atoms with E-state index in [1.165, 1.54) is 19.2 Å². The molecule has 0 aliphatic carbocycles. The lowest BCUT2D eigenvalue weighted by atomic mass is 10.1. The monoisotopic (exact) mass is 313 g/mol. The van der Waals surface area contributed by atoms with E-state index in [1.807, 2.05) is 6.92 Å². The Labute approximate surface area is 129 Å². The molecule has 0 unspecified atom stereocenters. The molecule has 0 aliphatic rings. The van der Waals surface area contributed by atoms with E-state index in [0.29, 0.717) is 22.9 Å². The third-order valence-corrected chi connectivity index (χ3v) is 3.11. The number of methoxy groups -OCH3 is 1. The summed E-state index contributed by atoms with van der Waals surface area (Å²) in [6.45, 7) is 2.65. The quantitative estimate of drug-likeness (QED) is 0.616. The summed E-state index contributed by atoms with van der Waals surface area (Å²) < 4.78 is 4.73. The van der Waals surface area contributed by atoms with Crippen molar-refractivity contribution < 1.29 is 14.3 Å². The van der Waals surface area contributed by atoms with E-state index in [4.69, 9.17) is 22.1 Å². The van der Waals surface area contributed by atoms with Crippen LogP contribution < -0.4 is 16.0 Å². The van der Waals surface area contributed by atoms with Crippen molar-refractivity contribution in [2.24, 2.45) is 0 Å². The summed E-state index contributed by atoms with van der Waals surface area (Å²) in [4.78, 5) is 25.2. The highest BCUT2D eigenvalue weighted by Crippen LogP contribution is 2.32. The first-order valence-corrected chi connectivity index (χ1v) is 6.93. The minimum absolute atomic E-state index is 0.0770. The van der Waals surface area contributed by atoms with Gasteiger partial charge in [0.2, 0.25) is 5.91 Å². The van der Waals surface area contributed by atoms with E-state index in [2.05, 4.69) is 5.32 Å². The second-order valence-corrected chi connectivity index (χ2v) is 5.00. The van der Waals surface area contributed by atoms with Gasteiger partial charge in [0, 0.05) is 19.3 Å². The van der Waals surface area contributed by atoms with E-state index in [0.717, 1.165) is 6.42 Å². The smallest absolute Gasteiger partial charge is 0.340 e. The fourth-order valence-corrected chi connectivity index (χ4v) is 2.26. The molecule has 3 N–H and O–H groups in total. The SMILES string of the molecule is CCCNC(=O)CN(C)c1c(Cl)cc(N)cc1C(=O)OC. The molecule has 0 bridgehead atoms. The number of ether oxygens (including phenoxy) is 1. The number of anilines is 2. The minimum Gasteiger partial charge on any atom is -0.465 e. The molecule has 0 radical (unpaired) electrons. The van der Waals surface area contributed by atoms with Crippen LogP contribution in [0.3, 0.4) is 0 Å². The van der Waals surface area contributed by atoms with Crippen LogP contribution in [-0.2, 0) is 9.53 Å². The largest absolute Gasteiger partial charge is 0.465 e. The molecule has 0 spiro atoms. The number of hydrogen-bond donors (Lipinski definition) is 2. The molecular weight excluding hydrogens is 294 g/mol. The van der Waals surface area contributed by atoms with Gasteiger partial charge in [0.15, 0.2) is 0 Å². The van der Waals surface area contributed by atoms with Crippen molar-refractivity contribution in [2.45, 2.75) is 13.3 Å². The molecule has 0 aliphatic heterocycles. The normalized spacial score (nSPS) is 10.1. The number of nitrogens with zero attached hydrogens (tertiary/aromatic N) is 1. The number of nitrogens with one attached hydrogen (secondary N) is 1. The average Bonchev–Trinajstić information content (AvgIpc) is 2.42. The van der Waals surface area contributed by atoms with E-state index in [-0.39, 0.29) is 18.0 Å². The van der Waals surface area contributed by atoms with E-state index >= 15 is 0 Å². The molecule has 0 saturated carbocycles. The van der Waals surface area contributed by atoms with Gasteiger partial charge >= 0.3 is 5.97 Å². The molecule has 0 aromatic heterocycles. The molecule has 0 fully saturated rings. The van der Waals surface area contributed by atoms with Crippen LogP contribution >= 0.6 is 11.6 Å². The van der Waals surface area contributed by atoms with Crippen molar-refractivity contribution >= 4 is 34.9 Å². The van der Waals surface area contributed by atoms with Crippen molar-refractivity contribution in [3.05, 3.63) is 22.7 Å². The van der Waals surface area contributed by atoms with Crippen molar-refractivity contribution in [1.82, 2.24) is 5.32 Å². The maximum absolute atomic E-state index is 11.8. The highest BCUT2D eigenvalue weighted by molar-refractivity contribution is 6.34. The van der Waals surface area contributed by atoms with Crippen LogP contribution in [0.25, 0.3) is 0 Å². The van der Waals surface area contributed by atoms with E-state index in [1.54, 1.807) is 11.9 Å². The number of amides is 1. The van der Waals surface area contributed by atoms with Gasteiger partial charge < -0.3 is 20.7 Å². The topological polar surface area (TPSA) is 84.7 Å². The summed E-state index contributed by atoms with van der Waals surface area (Å²) >= 11 is 6.16. The van der Waals surface area contributed by atoms with Crippen LogP contribution in [-0.4, -0.2) is 39.1 Å². The lowest BCUT2D eigenvalue weighted by Gasteiger charge is -2.22. The zero-order valence-electron chi connectivity index (χ0n) is 12.4. The second kappa shape index (κ2) is 7.73. The number of carbonyl (C=O) groups excluding carboxylic acids is 2. The average molecular weight is 314 g/mol. The predicted molar refractivity (Wildman–Crippen MR) is 83.8 cm³/mol. The summed E-state index contributed by atoms with van der Waals surface area (Å²) in [5.74, 6) is -0.705. The Bertz CT molecular complexity index is 534. The molecule has 1 rings (SSSR count). The maximum Gasteiger partial charge on any atom is 0.340 e. The molecule has 0 saturated heterocycles. The molecule has 0 heterocycles. The first kappa shape index (κ1) is 17.1. The molecule has 1 amide bonds. The van der Waals surface area contributed by atoms with E-state index in [9.17, 15) is 9.59 Å². The number of hydrogen-bond acceptors (Lipinski definition) is 5. The Kier molecular flexibility index (Phi) is 6.30. The van der Waals surface area contributed by atoms with Gasteiger partial charge in [-0.2, -0.15) is 0 Å². The summed E-state index contributed by atoms with van der Waals surface area (Å²) in [7, 11) is 2.95. The molecule has 116 valence electrons. The summed E-state index contributed by atoms with van der Waals surface area (Å²) in [6, 6.07) is 3.01. The number of esters is 1. The molecule has 21 heavy (non-hydrogen) atoms. The lowest BCUT2D eigenvalue weighted by Crippen LogP contribution is -2.36. The third kappa shape index (κ3) is 4.53. The molecule has 1 aromatic rings. The van der Waals surface area contributed by atoms with Crippen LogP contribution in [0, 0.1) is 0 Å². The van der Waals surface area contributed by atoms with Gasteiger partial charge in [-0.05, 0) is 18.6 Å². The molecule has 7 heteroatoms. The molecule has 6 nitrogen and oxygen atoms in total. The third-order valence-electron chi connectivity index (χ3n) is 2.83. The highest BCUT2D eigenvalue weighted by Gasteiger charge is 2.20. The Morgan fingerprint density at radius 3 is 2.67 bits per heavy atom. The second-order valence-electron chi connectivity index (χ2n) is 4.60. The van der Waals surface area contributed by atoms with Gasteiger partial charge in [-0.15, -0.1) is 0 Å². The zero-order valence-corrected chi connectivity index (χ0v) is 13.2.